The van der Waals surface area contributed by atoms with Crippen molar-refractivity contribution in [2.24, 2.45) is 0 Å². The molecule has 0 saturated carbocycles. The van der Waals surface area contributed by atoms with E-state index in [-0.39, 0.29) is 11.2 Å². The number of alkyl halides is 1. The molecule has 0 fully saturated rings. The van der Waals surface area contributed by atoms with Crippen LogP contribution in [0.1, 0.15) is 33.2 Å². The van der Waals surface area contributed by atoms with Gasteiger partial charge in [0.1, 0.15) is 5.82 Å². The van der Waals surface area contributed by atoms with Crippen LogP contribution in [0.3, 0.4) is 0 Å². The lowest BCUT2D eigenvalue weighted by Gasteiger charge is -2.18. The Hall–Kier alpha value is -0.860. The molecule has 0 nitrogen and oxygen atoms in total. The van der Waals surface area contributed by atoms with E-state index in [0.29, 0.717) is 4.47 Å². The Balaban J connectivity index is 2.56. The molecule has 1 unspecified atom stereocenters. The van der Waals surface area contributed by atoms with Crippen LogP contribution in [-0.4, -0.2) is 0 Å². The van der Waals surface area contributed by atoms with Crippen molar-refractivity contribution in [3.05, 3.63) is 68.4 Å². The maximum atomic E-state index is 13.6. The van der Waals surface area contributed by atoms with Gasteiger partial charge in [0.05, 0.1) is 9.85 Å². The van der Waals surface area contributed by atoms with Gasteiger partial charge in [0.2, 0.25) is 0 Å². The van der Waals surface area contributed by atoms with Crippen LogP contribution in [-0.2, 0) is 0 Å². The molecule has 0 saturated heterocycles. The third-order valence-corrected chi connectivity index (χ3v) is 4.54. The number of hydrogen-bond donors (Lipinski definition) is 0. The number of hydrogen-bond acceptors (Lipinski definition) is 0. The fourth-order valence-corrected chi connectivity index (χ4v) is 3.61. The molecule has 2 rings (SSSR count). The highest BCUT2D eigenvalue weighted by Crippen LogP contribution is 2.38. The number of rotatable bonds is 2. The van der Waals surface area contributed by atoms with Crippen molar-refractivity contribution < 1.29 is 4.39 Å². The quantitative estimate of drug-likeness (QED) is 0.602. The summed E-state index contributed by atoms with van der Waals surface area (Å²) >= 11 is 9.86. The first-order valence-corrected chi connectivity index (χ1v) is 7.30. The number of aryl methyl sites for hydroxylation is 3. The average Bonchev–Trinajstić information content (AvgIpc) is 2.31. The van der Waals surface area contributed by atoms with Gasteiger partial charge in [-0.05, 0) is 65.0 Å². The minimum Gasteiger partial charge on any atom is -0.206 e. The Morgan fingerprint density at radius 1 is 1.11 bits per heavy atom. The maximum Gasteiger partial charge on any atom is 0.137 e. The first-order valence-electron chi connectivity index (χ1n) is 6.07. The van der Waals surface area contributed by atoms with Crippen molar-refractivity contribution in [2.45, 2.75) is 26.1 Å². The van der Waals surface area contributed by atoms with Gasteiger partial charge >= 0.3 is 0 Å². The summed E-state index contributed by atoms with van der Waals surface area (Å²) in [7, 11) is 0. The van der Waals surface area contributed by atoms with Crippen molar-refractivity contribution in [1.82, 2.24) is 0 Å². The van der Waals surface area contributed by atoms with Gasteiger partial charge in [-0.25, -0.2) is 4.39 Å². The summed E-state index contributed by atoms with van der Waals surface area (Å²) in [6.45, 7) is 6.14. The van der Waals surface area contributed by atoms with Gasteiger partial charge < -0.3 is 0 Å². The zero-order valence-corrected chi connectivity index (χ0v) is 13.4. The van der Waals surface area contributed by atoms with Crippen LogP contribution in [0.5, 0.6) is 0 Å². The zero-order chi connectivity index (χ0) is 14.2. The highest BCUT2D eigenvalue weighted by atomic mass is 79.9. The predicted octanol–water partition coefficient (Wildman–Crippen LogP) is 5.84. The molecular formula is C16H15BrClF. The van der Waals surface area contributed by atoms with Gasteiger partial charge in [0, 0.05) is 0 Å². The predicted molar refractivity (Wildman–Crippen MR) is 82.4 cm³/mol. The van der Waals surface area contributed by atoms with Crippen LogP contribution < -0.4 is 0 Å². The molecule has 0 aliphatic carbocycles. The molecule has 0 N–H and O–H groups in total. The van der Waals surface area contributed by atoms with Crippen LogP contribution in [0.25, 0.3) is 0 Å². The third-order valence-electron chi connectivity index (χ3n) is 3.25. The zero-order valence-electron chi connectivity index (χ0n) is 11.1. The Morgan fingerprint density at radius 3 is 2.26 bits per heavy atom. The van der Waals surface area contributed by atoms with E-state index in [9.17, 15) is 4.39 Å². The molecule has 0 amide bonds. The molecule has 1 atom stereocenters. The molecule has 0 aliphatic heterocycles. The van der Waals surface area contributed by atoms with E-state index in [1.54, 1.807) is 6.07 Å². The van der Waals surface area contributed by atoms with Crippen LogP contribution in [0, 0.1) is 26.6 Å². The van der Waals surface area contributed by atoms with Crippen molar-refractivity contribution >= 4 is 27.5 Å². The minimum absolute atomic E-state index is 0.287. The summed E-state index contributed by atoms with van der Waals surface area (Å²) in [5.74, 6) is -0.287. The summed E-state index contributed by atoms with van der Waals surface area (Å²) in [5.41, 5.74) is 5.29. The van der Waals surface area contributed by atoms with Gasteiger partial charge in [-0.15, -0.1) is 11.6 Å². The molecule has 19 heavy (non-hydrogen) atoms. The molecule has 0 radical (unpaired) electrons. The maximum absolute atomic E-state index is 13.6. The van der Waals surface area contributed by atoms with E-state index in [1.807, 2.05) is 19.9 Å². The van der Waals surface area contributed by atoms with E-state index in [1.165, 1.54) is 11.6 Å². The van der Waals surface area contributed by atoms with Crippen LogP contribution in [0.15, 0.2) is 34.8 Å². The lowest BCUT2D eigenvalue weighted by Crippen LogP contribution is -2.02. The fraction of sp³-hybridized carbons (Fsp3) is 0.250. The SMILES string of the molecule is Cc1cc(C)c(C(Cl)c2cccc(F)c2Br)c(C)c1. The first-order chi connectivity index (χ1) is 8.91. The van der Waals surface area contributed by atoms with Crippen molar-refractivity contribution in [3.63, 3.8) is 0 Å². The molecule has 100 valence electrons. The van der Waals surface area contributed by atoms with E-state index in [0.717, 1.165) is 22.3 Å². The van der Waals surface area contributed by atoms with Gasteiger partial charge in [-0.1, -0.05) is 29.8 Å². The van der Waals surface area contributed by atoms with Crippen molar-refractivity contribution in [3.8, 4) is 0 Å². The van der Waals surface area contributed by atoms with Crippen LogP contribution >= 0.6 is 27.5 Å². The third kappa shape index (κ3) is 2.85. The monoisotopic (exact) mass is 340 g/mol. The molecule has 3 heteroatoms. The Kier molecular flexibility index (Phi) is 4.32. The van der Waals surface area contributed by atoms with Gasteiger partial charge in [-0.2, -0.15) is 0 Å². The van der Waals surface area contributed by atoms with E-state index in [2.05, 4.69) is 35.0 Å². The van der Waals surface area contributed by atoms with Gasteiger partial charge in [-0.3, -0.25) is 0 Å². The highest BCUT2D eigenvalue weighted by molar-refractivity contribution is 9.10. The Labute approximate surface area is 126 Å². The number of benzene rings is 2. The van der Waals surface area contributed by atoms with Crippen molar-refractivity contribution in [2.75, 3.05) is 0 Å². The molecule has 2 aromatic rings. The normalized spacial score (nSPS) is 12.5. The topological polar surface area (TPSA) is 0 Å². The lowest BCUT2D eigenvalue weighted by molar-refractivity contribution is 0.618. The lowest BCUT2D eigenvalue weighted by atomic mass is 9.94. The van der Waals surface area contributed by atoms with E-state index < -0.39 is 0 Å². The van der Waals surface area contributed by atoms with Crippen LogP contribution in [0.4, 0.5) is 4.39 Å². The molecule has 0 bridgehead atoms. The largest absolute Gasteiger partial charge is 0.206 e. The first kappa shape index (κ1) is 14.5. The molecule has 0 aliphatic rings. The molecular weight excluding hydrogens is 327 g/mol. The van der Waals surface area contributed by atoms with E-state index in [4.69, 9.17) is 11.6 Å². The second kappa shape index (κ2) is 5.64. The molecule has 0 heterocycles. The average molecular weight is 342 g/mol. The Bertz CT molecular complexity index is 599. The van der Waals surface area contributed by atoms with E-state index >= 15 is 0 Å². The van der Waals surface area contributed by atoms with Gasteiger partial charge in [0.15, 0.2) is 0 Å². The molecule has 0 spiro atoms. The number of halogens is 3. The van der Waals surface area contributed by atoms with Gasteiger partial charge in [0.25, 0.3) is 0 Å². The summed E-state index contributed by atoms with van der Waals surface area (Å²) in [4.78, 5) is 0. The summed E-state index contributed by atoms with van der Waals surface area (Å²) in [5, 5.41) is -0.356. The van der Waals surface area contributed by atoms with Crippen molar-refractivity contribution in [1.29, 1.82) is 0 Å². The second-order valence-corrected chi connectivity index (χ2v) is 6.05. The molecule has 0 aromatic heterocycles. The summed E-state index contributed by atoms with van der Waals surface area (Å²) in [6.07, 6.45) is 0. The Morgan fingerprint density at radius 2 is 1.68 bits per heavy atom. The summed E-state index contributed by atoms with van der Waals surface area (Å²) in [6, 6.07) is 9.16. The fourth-order valence-electron chi connectivity index (χ4n) is 2.46. The minimum atomic E-state index is -0.356. The second-order valence-electron chi connectivity index (χ2n) is 4.82. The molecule has 2 aromatic carbocycles. The smallest absolute Gasteiger partial charge is 0.137 e. The summed E-state index contributed by atoms with van der Waals surface area (Å²) < 4.78 is 14.1. The van der Waals surface area contributed by atoms with Crippen LogP contribution in [0.2, 0.25) is 0 Å². The highest BCUT2D eigenvalue weighted by Gasteiger charge is 2.19. The standard InChI is InChI=1S/C16H15BrClF/c1-9-7-10(2)14(11(3)8-9)16(18)12-5-4-6-13(19)15(12)17/h4-8,16H,1-3H3.